The molecule has 1 heterocycles. The Kier molecular flexibility index (Phi) is 5.96. The molecule has 1 aromatic heterocycles. The number of rotatable bonds is 7. The monoisotopic (exact) mass is 333 g/mol. The summed E-state index contributed by atoms with van der Waals surface area (Å²) in [6, 6.07) is 6.92. The molecule has 1 aromatic carbocycles. The van der Waals surface area contributed by atoms with Crippen LogP contribution in [0.5, 0.6) is 0 Å². The van der Waals surface area contributed by atoms with Crippen molar-refractivity contribution in [3.05, 3.63) is 46.9 Å². The van der Waals surface area contributed by atoms with E-state index in [4.69, 9.17) is 0 Å². The van der Waals surface area contributed by atoms with E-state index in [-0.39, 0.29) is 11.9 Å². The number of halogens is 1. The van der Waals surface area contributed by atoms with Crippen molar-refractivity contribution in [3.63, 3.8) is 0 Å². The number of nitrogens with one attached hydrogen (secondary N) is 1. The van der Waals surface area contributed by atoms with Crippen molar-refractivity contribution in [2.24, 2.45) is 7.05 Å². The Balaban J connectivity index is 2.09. The first-order chi connectivity index (χ1) is 11.3. The summed E-state index contributed by atoms with van der Waals surface area (Å²) in [4.78, 5) is 4.18. The number of nitrogens with zero attached hydrogens (tertiary/aromatic N) is 4. The first-order valence-corrected chi connectivity index (χ1v) is 8.13. The summed E-state index contributed by atoms with van der Waals surface area (Å²) in [5.74, 6) is 0.907. The van der Waals surface area contributed by atoms with E-state index in [1.54, 1.807) is 12.1 Å². The van der Waals surface area contributed by atoms with Crippen molar-refractivity contribution in [3.8, 4) is 0 Å². The second-order valence-electron chi connectivity index (χ2n) is 6.57. The number of hydrogen-bond donors (Lipinski definition) is 1. The fraction of sp³-hybridized carbons (Fsp3) is 0.500. The Morgan fingerprint density at radius 2 is 1.96 bits per heavy atom. The molecule has 0 aliphatic rings. The van der Waals surface area contributed by atoms with Crippen LogP contribution in [-0.4, -0.2) is 49.4 Å². The van der Waals surface area contributed by atoms with Gasteiger partial charge in [-0.05, 0) is 38.7 Å². The van der Waals surface area contributed by atoms with Crippen LogP contribution >= 0.6 is 0 Å². The third-order valence-electron chi connectivity index (χ3n) is 4.23. The summed E-state index contributed by atoms with van der Waals surface area (Å²) in [6.45, 7) is 3.49. The number of benzene rings is 1. The molecule has 2 rings (SSSR count). The maximum atomic E-state index is 13.5. The molecule has 0 radical (unpaired) electrons. The molecule has 0 aliphatic carbocycles. The van der Waals surface area contributed by atoms with E-state index < -0.39 is 0 Å². The summed E-state index contributed by atoms with van der Waals surface area (Å²) < 4.78 is 15.4. The van der Waals surface area contributed by atoms with E-state index in [2.05, 4.69) is 20.2 Å². The largest absolute Gasteiger partial charge is 0.363 e. The molecule has 6 heteroatoms. The minimum absolute atomic E-state index is 0.112. The van der Waals surface area contributed by atoms with Gasteiger partial charge >= 0.3 is 0 Å². The molecular formula is C18H28FN5. The van der Waals surface area contributed by atoms with Crippen LogP contribution < -0.4 is 10.2 Å². The molecule has 1 atom stereocenters. The Bertz CT molecular complexity index is 678. The zero-order chi connectivity index (χ0) is 17.9. The highest BCUT2D eigenvalue weighted by molar-refractivity contribution is 5.48. The molecule has 5 nitrogen and oxygen atoms in total. The molecule has 0 bridgehead atoms. The van der Waals surface area contributed by atoms with Crippen LogP contribution in [0.2, 0.25) is 0 Å². The van der Waals surface area contributed by atoms with Gasteiger partial charge in [0.1, 0.15) is 11.6 Å². The second kappa shape index (κ2) is 7.77. The van der Waals surface area contributed by atoms with Crippen molar-refractivity contribution in [2.45, 2.75) is 19.5 Å². The molecule has 0 saturated carbocycles. The third-order valence-corrected chi connectivity index (χ3v) is 4.23. The Morgan fingerprint density at radius 1 is 1.25 bits per heavy atom. The van der Waals surface area contributed by atoms with Crippen LogP contribution in [0.3, 0.4) is 0 Å². The molecule has 0 spiro atoms. The fourth-order valence-electron chi connectivity index (χ4n) is 3.10. The molecule has 0 saturated heterocycles. The lowest BCUT2D eigenvalue weighted by molar-refractivity contribution is 0.287. The summed E-state index contributed by atoms with van der Waals surface area (Å²) >= 11 is 0. The predicted molar refractivity (Wildman–Crippen MR) is 96.8 cm³/mol. The van der Waals surface area contributed by atoms with Gasteiger partial charge < -0.3 is 15.1 Å². The predicted octanol–water partition coefficient (Wildman–Crippen LogP) is 2.33. The Morgan fingerprint density at radius 3 is 2.54 bits per heavy atom. The van der Waals surface area contributed by atoms with Gasteiger partial charge in [0.05, 0.1) is 5.69 Å². The van der Waals surface area contributed by atoms with Gasteiger partial charge in [-0.25, -0.2) is 4.39 Å². The van der Waals surface area contributed by atoms with Crippen LogP contribution in [0.4, 0.5) is 10.2 Å². The van der Waals surface area contributed by atoms with Crippen LogP contribution in [0.1, 0.15) is 22.9 Å². The van der Waals surface area contributed by atoms with E-state index in [1.165, 1.54) is 11.6 Å². The Hall–Kier alpha value is -1.92. The molecule has 0 aliphatic heterocycles. The molecule has 24 heavy (non-hydrogen) atoms. The number of aryl methyl sites for hydroxylation is 2. The second-order valence-corrected chi connectivity index (χ2v) is 6.57. The van der Waals surface area contributed by atoms with Crippen molar-refractivity contribution < 1.29 is 4.39 Å². The minimum atomic E-state index is -0.197. The quantitative estimate of drug-likeness (QED) is 0.844. The smallest absolute Gasteiger partial charge is 0.130 e. The van der Waals surface area contributed by atoms with Gasteiger partial charge in [0.25, 0.3) is 0 Å². The van der Waals surface area contributed by atoms with Gasteiger partial charge in [-0.2, -0.15) is 5.10 Å². The van der Waals surface area contributed by atoms with Crippen molar-refractivity contribution in [2.75, 3.05) is 39.6 Å². The summed E-state index contributed by atoms with van der Waals surface area (Å²) in [5, 5.41) is 8.02. The fourth-order valence-corrected chi connectivity index (χ4v) is 3.10. The molecule has 1 unspecified atom stereocenters. The van der Waals surface area contributed by atoms with E-state index in [0.717, 1.165) is 30.2 Å². The van der Waals surface area contributed by atoms with Gasteiger partial charge in [-0.1, -0.05) is 12.1 Å². The molecular weight excluding hydrogens is 305 g/mol. The number of hydrogen-bond acceptors (Lipinski definition) is 4. The van der Waals surface area contributed by atoms with Crippen molar-refractivity contribution >= 4 is 5.82 Å². The van der Waals surface area contributed by atoms with Crippen LogP contribution in [0.15, 0.2) is 24.3 Å². The molecule has 1 N–H and O–H groups in total. The highest BCUT2D eigenvalue weighted by atomic mass is 19.1. The molecule has 0 fully saturated rings. The van der Waals surface area contributed by atoms with E-state index in [0.29, 0.717) is 0 Å². The highest BCUT2D eigenvalue weighted by Crippen LogP contribution is 2.22. The van der Waals surface area contributed by atoms with Crippen molar-refractivity contribution in [1.29, 1.82) is 0 Å². The normalized spacial score (nSPS) is 12.7. The highest BCUT2D eigenvalue weighted by Gasteiger charge is 2.17. The lowest BCUT2D eigenvalue weighted by atomic mass is 10.1. The summed E-state index contributed by atoms with van der Waals surface area (Å²) in [5.41, 5.74) is 3.20. The Labute approximate surface area is 144 Å². The van der Waals surface area contributed by atoms with Crippen LogP contribution in [-0.2, 0) is 13.6 Å². The zero-order valence-corrected chi connectivity index (χ0v) is 15.5. The van der Waals surface area contributed by atoms with E-state index >= 15 is 0 Å². The standard InChI is InChI=1S/C18H28FN5/c1-13-16(18(23(4)5)24(6)21-13)11-20-12-17(22(2)3)14-8-7-9-15(19)10-14/h7-10,17,20H,11-12H2,1-6H3. The average molecular weight is 333 g/mol. The summed E-state index contributed by atoms with van der Waals surface area (Å²) in [7, 11) is 10.0. The number of likely N-dealkylation sites (N-methyl/N-ethyl adjacent to an activating group) is 1. The van der Waals surface area contributed by atoms with Gasteiger partial charge in [0.15, 0.2) is 0 Å². The van der Waals surface area contributed by atoms with E-state index in [1.807, 2.05) is 52.9 Å². The first kappa shape index (κ1) is 18.4. The maximum Gasteiger partial charge on any atom is 0.130 e. The average Bonchev–Trinajstić information content (AvgIpc) is 2.77. The number of anilines is 1. The van der Waals surface area contributed by atoms with Gasteiger partial charge in [0.2, 0.25) is 0 Å². The van der Waals surface area contributed by atoms with Crippen LogP contribution in [0.25, 0.3) is 0 Å². The minimum Gasteiger partial charge on any atom is -0.363 e. The van der Waals surface area contributed by atoms with Crippen molar-refractivity contribution in [1.82, 2.24) is 20.0 Å². The van der Waals surface area contributed by atoms with Gasteiger partial charge in [-0.3, -0.25) is 4.68 Å². The molecule has 132 valence electrons. The van der Waals surface area contributed by atoms with E-state index in [9.17, 15) is 4.39 Å². The van der Waals surface area contributed by atoms with Gasteiger partial charge in [0, 0.05) is 45.8 Å². The lowest BCUT2D eigenvalue weighted by Crippen LogP contribution is -2.31. The third kappa shape index (κ3) is 4.13. The van der Waals surface area contributed by atoms with Crippen LogP contribution in [0, 0.1) is 12.7 Å². The number of aromatic nitrogens is 2. The van der Waals surface area contributed by atoms with Gasteiger partial charge in [-0.15, -0.1) is 0 Å². The maximum absolute atomic E-state index is 13.5. The topological polar surface area (TPSA) is 36.3 Å². The SMILES string of the molecule is Cc1nn(C)c(N(C)C)c1CNCC(c1cccc(F)c1)N(C)C. The lowest BCUT2D eigenvalue weighted by Gasteiger charge is -2.25. The molecule has 2 aromatic rings. The molecule has 0 amide bonds. The zero-order valence-electron chi connectivity index (χ0n) is 15.5. The first-order valence-electron chi connectivity index (χ1n) is 8.13. The summed E-state index contributed by atoms with van der Waals surface area (Å²) in [6.07, 6.45) is 0.